The molecule has 0 bridgehead atoms. The van der Waals surface area contributed by atoms with E-state index in [0.29, 0.717) is 24.8 Å². The van der Waals surface area contributed by atoms with Crippen LogP contribution in [0.2, 0.25) is 0 Å². The summed E-state index contributed by atoms with van der Waals surface area (Å²) in [6.07, 6.45) is 1.50. The Bertz CT molecular complexity index is 489. The molecule has 0 atom stereocenters. The number of carbonyl (C=O) groups excluding carboxylic acids is 2. The van der Waals surface area contributed by atoms with Crippen LogP contribution < -0.4 is 0 Å². The molecule has 0 radical (unpaired) electrons. The van der Waals surface area contributed by atoms with Gasteiger partial charge in [0.15, 0.2) is 0 Å². The maximum atomic E-state index is 13.3. The molecule has 1 aromatic rings. The Balaban J connectivity index is 2.10. The molecule has 23 heavy (non-hydrogen) atoms. The molecule has 0 aliphatic carbocycles. The molecular formula is C17H22F2O4. The van der Waals surface area contributed by atoms with Crippen molar-refractivity contribution in [3.63, 3.8) is 0 Å². The van der Waals surface area contributed by atoms with Crippen molar-refractivity contribution in [1.29, 1.82) is 0 Å². The van der Waals surface area contributed by atoms with E-state index in [0.717, 1.165) is 0 Å². The third kappa shape index (κ3) is 7.21. The maximum absolute atomic E-state index is 13.3. The summed E-state index contributed by atoms with van der Waals surface area (Å²) in [5, 5.41) is 0. The number of benzene rings is 1. The average Bonchev–Trinajstić information content (AvgIpc) is 2.54. The van der Waals surface area contributed by atoms with Crippen molar-refractivity contribution >= 4 is 11.9 Å². The number of unbranched alkanes of at least 4 members (excludes halogenated alkanes) is 3. The summed E-state index contributed by atoms with van der Waals surface area (Å²) < 4.78 is 36.1. The van der Waals surface area contributed by atoms with E-state index in [-0.39, 0.29) is 25.6 Å². The summed E-state index contributed by atoms with van der Waals surface area (Å²) in [5.74, 6) is -5.27. The highest BCUT2D eigenvalue weighted by atomic mass is 19.3. The van der Waals surface area contributed by atoms with Crippen molar-refractivity contribution in [2.24, 2.45) is 0 Å². The second-order valence-electron chi connectivity index (χ2n) is 5.09. The van der Waals surface area contributed by atoms with Gasteiger partial charge in [-0.3, -0.25) is 0 Å². The van der Waals surface area contributed by atoms with E-state index in [9.17, 15) is 18.4 Å². The number of halogens is 2. The predicted octanol–water partition coefficient (Wildman–Crippen LogP) is 3.99. The quantitative estimate of drug-likeness (QED) is 0.481. The summed E-state index contributed by atoms with van der Waals surface area (Å²) in [6.45, 7) is 1.69. The van der Waals surface area contributed by atoms with Gasteiger partial charge in [-0.25, -0.2) is 9.59 Å². The highest BCUT2D eigenvalue weighted by Gasteiger charge is 2.39. The van der Waals surface area contributed by atoms with Crippen LogP contribution in [-0.4, -0.2) is 31.1 Å². The Morgan fingerprint density at radius 1 is 1.00 bits per heavy atom. The van der Waals surface area contributed by atoms with E-state index in [4.69, 9.17) is 4.74 Å². The van der Waals surface area contributed by atoms with Gasteiger partial charge in [-0.15, -0.1) is 0 Å². The summed E-state index contributed by atoms with van der Waals surface area (Å²) >= 11 is 0. The van der Waals surface area contributed by atoms with Crippen molar-refractivity contribution in [3.05, 3.63) is 35.9 Å². The van der Waals surface area contributed by atoms with Gasteiger partial charge in [0.2, 0.25) is 0 Å². The highest BCUT2D eigenvalue weighted by Crippen LogP contribution is 2.23. The van der Waals surface area contributed by atoms with Gasteiger partial charge in [-0.1, -0.05) is 31.0 Å². The van der Waals surface area contributed by atoms with Gasteiger partial charge in [-0.05, 0) is 31.9 Å². The van der Waals surface area contributed by atoms with Crippen LogP contribution in [0.4, 0.5) is 8.78 Å². The van der Waals surface area contributed by atoms with Crippen LogP contribution in [0, 0.1) is 0 Å². The van der Waals surface area contributed by atoms with E-state index < -0.39 is 18.3 Å². The van der Waals surface area contributed by atoms with Crippen molar-refractivity contribution in [1.82, 2.24) is 0 Å². The summed E-state index contributed by atoms with van der Waals surface area (Å²) in [5.41, 5.74) is 0.488. The number of esters is 2. The minimum atomic E-state index is -3.42. The first kappa shape index (κ1) is 19.1. The van der Waals surface area contributed by atoms with Crippen LogP contribution >= 0.6 is 0 Å². The fraction of sp³-hybridized carbons (Fsp3) is 0.529. The molecule has 6 heteroatoms. The average molecular weight is 328 g/mol. The van der Waals surface area contributed by atoms with Crippen molar-refractivity contribution in [2.75, 3.05) is 13.2 Å². The van der Waals surface area contributed by atoms with Crippen LogP contribution in [0.15, 0.2) is 30.3 Å². The maximum Gasteiger partial charge on any atom is 0.376 e. The SMILES string of the molecule is CCOC(=O)C(F)(F)CCCCCCOC(=O)c1ccccc1. The van der Waals surface area contributed by atoms with Crippen molar-refractivity contribution < 1.29 is 27.8 Å². The van der Waals surface area contributed by atoms with Gasteiger partial charge < -0.3 is 9.47 Å². The summed E-state index contributed by atoms with van der Waals surface area (Å²) in [6, 6.07) is 8.64. The van der Waals surface area contributed by atoms with Crippen LogP contribution in [0.1, 0.15) is 49.4 Å². The fourth-order valence-corrected chi connectivity index (χ4v) is 1.96. The zero-order valence-electron chi connectivity index (χ0n) is 13.2. The van der Waals surface area contributed by atoms with E-state index in [1.165, 1.54) is 6.92 Å². The first-order valence-corrected chi connectivity index (χ1v) is 7.74. The molecule has 0 amide bonds. The fourth-order valence-electron chi connectivity index (χ4n) is 1.96. The van der Waals surface area contributed by atoms with Crippen LogP contribution in [-0.2, 0) is 14.3 Å². The Hall–Kier alpha value is -1.98. The van der Waals surface area contributed by atoms with Gasteiger partial charge in [0.1, 0.15) is 0 Å². The van der Waals surface area contributed by atoms with E-state index in [2.05, 4.69) is 4.74 Å². The largest absolute Gasteiger partial charge is 0.462 e. The third-order valence-corrected chi connectivity index (χ3v) is 3.20. The van der Waals surface area contributed by atoms with Gasteiger partial charge in [0, 0.05) is 6.42 Å². The molecule has 0 saturated heterocycles. The molecule has 1 rings (SSSR count). The Morgan fingerprint density at radius 3 is 2.30 bits per heavy atom. The Kier molecular flexibility index (Phi) is 8.22. The molecule has 0 N–H and O–H groups in total. The molecule has 0 spiro atoms. The van der Waals surface area contributed by atoms with E-state index >= 15 is 0 Å². The third-order valence-electron chi connectivity index (χ3n) is 3.20. The summed E-state index contributed by atoms with van der Waals surface area (Å²) in [4.78, 5) is 22.6. The lowest BCUT2D eigenvalue weighted by molar-refractivity contribution is -0.172. The molecule has 0 unspecified atom stereocenters. The second kappa shape index (κ2) is 9.92. The van der Waals surface area contributed by atoms with Crippen LogP contribution in [0.3, 0.4) is 0 Å². The van der Waals surface area contributed by atoms with E-state index in [1.54, 1.807) is 24.3 Å². The molecule has 0 saturated carbocycles. The molecule has 1 aromatic carbocycles. The molecule has 4 nitrogen and oxygen atoms in total. The van der Waals surface area contributed by atoms with Crippen LogP contribution in [0.25, 0.3) is 0 Å². The van der Waals surface area contributed by atoms with E-state index in [1.807, 2.05) is 6.07 Å². The lowest BCUT2D eigenvalue weighted by Gasteiger charge is -2.14. The molecular weight excluding hydrogens is 306 g/mol. The van der Waals surface area contributed by atoms with Crippen molar-refractivity contribution in [3.8, 4) is 0 Å². The zero-order chi connectivity index (χ0) is 17.1. The minimum Gasteiger partial charge on any atom is -0.462 e. The zero-order valence-corrected chi connectivity index (χ0v) is 13.2. The van der Waals surface area contributed by atoms with Crippen LogP contribution in [0.5, 0.6) is 0 Å². The Labute approximate surface area is 134 Å². The predicted molar refractivity (Wildman–Crippen MR) is 81.4 cm³/mol. The van der Waals surface area contributed by atoms with Gasteiger partial charge in [0.25, 0.3) is 0 Å². The molecule has 0 heterocycles. The number of alkyl halides is 2. The number of hydrogen-bond donors (Lipinski definition) is 0. The first-order valence-electron chi connectivity index (χ1n) is 7.74. The Morgan fingerprint density at radius 2 is 1.65 bits per heavy atom. The van der Waals surface area contributed by atoms with Gasteiger partial charge in [-0.2, -0.15) is 8.78 Å². The minimum absolute atomic E-state index is 0.0544. The topological polar surface area (TPSA) is 52.6 Å². The lowest BCUT2D eigenvalue weighted by Crippen LogP contribution is -2.30. The highest BCUT2D eigenvalue weighted by molar-refractivity contribution is 5.89. The molecule has 0 aromatic heterocycles. The number of hydrogen-bond acceptors (Lipinski definition) is 4. The summed E-state index contributed by atoms with van der Waals surface area (Å²) in [7, 11) is 0. The van der Waals surface area contributed by atoms with Gasteiger partial charge >= 0.3 is 17.9 Å². The van der Waals surface area contributed by atoms with Gasteiger partial charge in [0.05, 0.1) is 18.8 Å². The second-order valence-corrected chi connectivity index (χ2v) is 5.09. The monoisotopic (exact) mass is 328 g/mol. The smallest absolute Gasteiger partial charge is 0.376 e. The lowest BCUT2D eigenvalue weighted by atomic mass is 10.1. The molecule has 0 fully saturated rings. The molecule has 0 aliphatic heterocycles. The molecule has 0 aliphatic rings. The van der Waals surface area contributed by atoms with Crippen molar-refractivity contribution in [2.45, 2.75) is 45.0 Å². The number of ether oxygens (including phenoxy) is 2. The standard InChI is InChI=1S/C17H22F2O4/c1-2-22-16(21)17(18,19)12-8-3-4-9-13-23-15(20)14-10-6-5-7-11-14/h5-7,10-11H,2-4,8-9,12-13H2,1H3. The number of carbonyl (C=O) groups is 2. The molecule has 128 valence electrons. The first-order chi connectivity index (χ1) is 11.0. The normalized spacial score (nSPS) is 11.1. The number of rotatable bonds is 10.